The Hall–Kier alpha value is -1.73. The molecule has 0 aromatic carbocycles. The number of piperidine rings is 1. The molecule has 1 amide bonds. The van der Waals surface area contributed by atoms with Gasteiger partial charge in [0.15, 0.2) is 0 Å². The summed E-state index contributed by atoms with van der Waals surface area (Å²) >= 11 is 1.74. The minimum Gasteiger partial charge on any atom is -0.354 e. The highest BCUT2D eigenvalue weighted by molar-refractivity contribution is 7.09. The number of carbonyl (C=O) groups excluding carboxylic acids is 1. The predicted octanol–water partition coefficient (Wildman–Crippen LogP) is 1.80. The van der Waals surface area contributed by atoms with E-state index in [-0.39, 0.29) is 11.9 Å². The van der Waals surface area contributed by atoms with E-state index in [1.807, 2.05) is 17.7 Å². The van der Waals surface area contributed by atoms with Crippen LogP contribution in [0.15, 0.2) is 30.2 Å². The molecule has 0 saturated carbocycles. The summed E-state index contributed by atoms with van der Waals surface area (Å²) in [6.45, 7) is 5.54. The van der Waals surface area contributed by atoms with Crippen molar-refractivity contribution in [1.29, 1.82) is 0 Å². The van der Waals surface area contributed by atoms with Crippen LogP contribution in [0.3, 0.4) is 0 Å². The molecular weight excluding hydrogens is 322 g/mol. The SMILES string of the molecule is C[C@H](C(=O)NCCc1cccs1)N1CCC[C@H](Cn2cncn2)C1. The lowest BCUT2D eigenvalue weighted by Gasteiger charge is -2.36. The highest BCUT2D eigenvalue weighted by Gasteiger charge is 2.27. The molecule has 24 heavy (non-hydrogen) atoms. The van der Waals surface area contributed by atoms with Gasteiger partial charge in [-0.05, 0) is 50.1 Å². The summed E-state index contributed by atoms with van der Waals surface area (Å²) in [7, 11) is 0. The van der Waals surface area contributed by atoms with Crippen molar-refractivity contribution in [2.75, 3.05) is 19.6 Å². The monoisotopic (exact) mass is 347 g/mol. The van der Waals surface area contributed by atoms with Gasteiger partial charge in [0.25, 0.3) is 0 Å². The van der Waals surface area contributed by atoms with Gasteiger partial charge in [-0.25, -0.2) is 4.98 Å². The number of nitrogens with one attached hydrogen (secondary N) is 1. The average molecular weight is 347 g/mol. The number of likely N-dealkylation sites (tertiary alicyclic amines) is 1. The summed E-state index contributed by atoms with van der Waals surface area (Å²) in [5, 5.41) is 9.34. The summed E-state index contributed by atoms with van der Waals surface area (Å²) in [4.78, 5) is 20.0. The molecule has 3 rings (SSSR count). The minimum atomic E-state index is -0.0770. The number of hydrogen-bond acceptors (Lipinski definition) is 5. The molecule has 2 aromatic heterocycles. The van der Waals surface area contributed by atoms with E-state index in [4.69, 9.17) is 0 Å². The number of carbonyl (C=O) groups is 1. The maximum absolute atomic E-state index is 12.4. The minimum absolute atomic E-state index is 0.0770. The number of rotatable bonds is 7. The van der Waals surface area contributed by atoms with E-state index < -0.39 is 0 Å². The standard InChI is InChI=1S/C17H25N5OS/c1-14(17(23)19-7-6-16-5-3-9-24-16)21-8-2-4-15(10-21)11-22-13-18-12-20-22/h3,5,9,12-15H,2,4,6-8,10-11H2,1H3,(H,19,23)/t14-,15+/m1/s1. The summed E-state index contributed by atoms with van der Waals surface area (Å²) in [6, 6.07) is 4.08. The van der Waals surface area contributed by atoms with Crippen molar-refractivity contribution in [3.8, 4) is 0 Å². The van der Waals surface area contributed by atoms with Crippen LogP contribution in [0, 0.1) is 5.92 Å². The zero-order valence-electron chi connectivity index (χ0n) is 14.1. The van der Waals surface area contributed by atoms with Crippen LogP contribution in [-0.2, 0) is 17.8 Å². The fourth-order valence-corrected chi connectivity index (χ4v) is 3.98. The van der Waals surface area contributed by atoms with Crippen molar-refractivity contribution < 1.29 is 4.79 Å². The second kappa shape index (κ2) is 8.39. The first kappa shape index (κ1) is 17.1. The van der Waals surface area contributed by atoms with Gasteiger partial charge in [-0.3, -0.25) is 14.4 Å². The third-order valence-electron chi connectivity index (χ3n) is 4.64. The van der Waals surface area contributed by atoms with Gasteiger partial charge in [-0.2, -0.15) is 5.10 Å². The molecule has 2 atom stereocenters. The maximum Gasteiger partial charge on any atom is 0.237 e. The number of amides is 1. The van der Waals surface area contributed by atoms with Crippen molar-refractivity contribution >= 4 is 17.2 Å². The Morgan fingerprint density at radius 2 is 2.46 bits per heavy atom. The van der Waals surface area contributed by atoms with Crippen LogP contribution in [0.5, 0.6) is 0 Å². The van der Waals surface area contributed by atoms with Crippen molar-refractivity contribution in [1.82, 2.24) is 25.0 Å². The third-order valence-corrected chi connectivity index (χ3v) is 5.58. The molecule has 1 aliphatic rings. The molecule has 1 N–H and O–H groups in total. The highest BCUT2D eigenvalue weighted by atomic mass is 32.1. The van der Waals surface area contributed by atoms with E-state index in [9.17, 15) is 4.79 Å². The first-order valence-electron chi connectivity index (χ1n) is 8.59. The first-order chi connectivity index (χ1) is 11.7. The number of aromatic nitrogens is 3. The second-order valence-electron chi connectivity index (χ2n) is 6.42. The normalized spacial score (nSPS) is 20.0. The topological polar surface area (TPSA) is 63.1 Å². The molecule has 130 valence electrons. The van der Waals surface area contributed by atoms with Gasteiger partial charge < -0.3 is 5.32 Å². The van der Waals surface area contributed by atoms with E-state index in [1.165, 1.54) is 11.3 Å². The van der Waals surface area contributed by atoms with Crippen LogP contribution in [0.4, 0.5) is 0 Å². The number of hydrogen-bond donors (Lipinski definition) is 1. The Morgan fingerprint density at radius 1 is 1.54 bits per heavy atom. The molecule has 0 spiro atoms. The molecule has 0 aliphatic carbocycles. The number of nitrogens with zero attached hydrogens (tertiary/aromatic N) is 4. The lowest BCUT2D eigenvalue weighted by molar-refractivity contribution is -0.126. The molecule has 0 unspecified atom stereocenters. The van der Waals surface area contributed by atoms with Crippen molar-refractivity contribution in [2.45, 2.75) is 38.8 Å². The second-order valence-corrected chi connectivity index (χ2v) is 7.45. The van der Waals surface area contributed by atoms with Crippen LogP contribution in [0.25, 0.3) is 0 Å². The lowest BCUT2D eigenvalue weighted by Crippen LogP contribution is -2.49. The van der Waals surface area contributed by atoms with Crippen molar-refractivity contribution in [2.24, 2.45) is 5.92 Å². The molecule has 0 radical (unpaired) electrons. The maximum atomic E-state index is 12.4. The van der Waals surface area contributed by atoms with Gasteiger partial charge in [0, 0.05) is 24.5 Å². The Bertz CT molecular complexity index is 613. The summed E-state index contributed by atoms with van der Waals surface area (Å²) in [5.41, 5.74) is 0. The largest absolute Gasteiger partial charge is 0.354 e. The fraction of sp³-hybridized carbons (Fsp3) is 0.588. The molecule has 1 saturated heterocycles. The quantitative estimate of drug-likeness (QED) is 0.830. The van der Waals surface area contributed by atoms with E-state index in [2.05, 4.69) is 31.7 Å². The Labute approximate surface area is 146 Å². The summed E-state index contributed by atoms with van der Waals surface area (Å²) < 4.78 is 1.89. The molecule has 2 aromatic rings. The molecule has 1 aliphatic heterocycles. The van der Waals surface area contributed by atoms with Gasteiger partial charge in [0.1, 0.15) is 12.7 Å². The zero-order chi connectivity index (χ0) is 16.8. The first-order valence-corrected chi connectivity index (χ1v) is 9.47. The zero-order valence-corrected chi connectivity index (χ0v) is 14.9. The van der Waals surface area contributed by atoms with Crippen LogP contribution < -0.4 is 5.32 Å². The highest BCUT2D eigenvalue weighted by Crippen LogP contribution is 2.20. The molecule has 7 heteroatoms. The van der Waals surface area contributed by atoms with Crippen molar-refractivity contribution in [3.63, 3.8) is 0 Å². The van der Waals surface area contributed by atoms with Gasteiger partial charge in [-0.15, -0.1) is 11.3 Å². The van der Waals surface area contributed by atoms with Crippen LogP contribution in [0.1, 0.15) is 24.6 Å². The van der Waals surface area contributed by atoms with Crippen LogP contribution in [0.2, 0.25) is 0 Å². The third kappa shape index (κ3) is 4.64. The number of thiophene rings is 1. The van der Waals surface area contributed by atoms with E-state index >= 15 is 0 Å². The molecular formula is C17H25N5OS. The predicted molar refractivity (Wildman–Crippen MR) is 94.8 cm³/mol. The van der Waals surface area contributed by atoms with E-state index in [0.29, 0.717) is 12.5 Å². The van der Waals surface area contributed by atoms with Gasteiger partial charge >= 0.3 is 0 Å². The fourth-order valence-electron chi connectivity index (χ4n) is 3.27. The van der Waals surface area contributed by atoms with Gasteiger partial charge in [0.05, 0.1) is 6.04 Å². The molecule has 3 heterocycles. The smallest absolute Gasteiger partial charge is 0.237 e. The Balaban J connectivity index is 1.44. The molecule has 1 fully saturated rings. The van der Waals surface area contributed by atoms with Crippen LogP contribution >= 0.6 is 11.3 Å². The van der Waals surface area contributed by atoms with Crippen LogP contribution in [-0.4, -0.2) is 51.2 Å². The Kier molecular flexibility index (Phi) is 5.98. The summed E-state index contributed by atoms with van der Waals surface area (Å²) in [6.07, 6.45) is 6.56. The molecule has 0 bridgehead atoms. The lowest BCUT2D eigenvalue weighted by atomic mass is 9.96. The molecule has 6 nitrogen and oxygen atoms in total. The van der Waals surface area contributed by atoms with Crippen molar-refractivity contribution in [3.05, 3.63) is 35.0 Å². The van der Waals surface area contributed by atoms with E-state index in [1.54, 1.807) is 24.0 Å². The van der Waals surface area contributed by atoms with E-state index in [0.717, 1.165) is 32.5 Å². The van der Waals surface area contributed by atoms with Gasteiger partial charge in [0.2, 0.25) is 5.91 Å². The van der Waals surface area contributed by atoms with Gasteiger partial charge in [-0.1, -0.05) is 6.07 Å². The Morgan fingerprint density at radius 3 is 3.21 bits per heavy atom. The summed E-state index contributed by atoms with van der Waals surface area (Å²) in [5.74, 6) is 0.662. The average Bonchev–Trinajstić information content (AvgIpc) is 3.28.